The van der Waals surface area contributed by atoms with Gasteiger partial charge < -0.3 is 14.6 Å². The molecule has 1 aromatic heterocycles. The lowest BCUT2D eigenvalue weighted by Gasteiger charge is -2.36. The molecule has 1 aliphatic heterocycles. The van der Waals surface area contributed by atoms with Crippen LogP contribution in [0.15, 0.2) is 35.5 Å². The number of aliphatic hydroxyl groups excluding tert-OH is 1. The van der Waals surface area contributed by atoms with Crippen molar-refractivity contribution in [1.29, 1.82) is 0 Å². The van der Waals surface area contributed by atoms with Crippen LogP contribution in [0.1, 0.15) is 24.8 Å². The van der Waals surface area contributed by atoms with Crippen LogP contribution < -0.4 is 4.90 Å². The highest BCUT2D eigenvalue weighted by Crippen LogP contribution is 2.36. The molecule has 2 heterocycles. The second kappa shape index (κ2) is 7.28. The van der Waals surface area contributed by atoms with E-state index in [2.05, 4.69) is 4.98 Å². The fraction of sp³-hybridized carbons (Fsp3) is 0.471. The Kier molecular flexibility index (Phi) is 5.20. The van der Waals surface area contributed by atoms with Gasteiger partial charge >= 0.3 is 0 Å². The molecule has 9 nitrogen and oxygen atoms in total. The van der Waals surface area contributed by atoms with Gasteiger partial charge in [-0.25, -0.2) is 13.4 Å². The van der Waals surface area contributed by atoms with Crippen LogP contribution in [0.2, 0.25) is 0 Å². The maximum Gasteiger partial charge on any atom is 0.293 e. The second-order valence-corrected chi connectivity index (χ2v) is 8.89. The van der Waals surface area contributed by atoms with Crippen molar-refractivity contribution in [1.82, 2.24) is 9.55 Å². The van der Waals surface area contributed by atoms with Gasteiger partial charge in [0.1, 0.15) is 17.6 Å². The maximum absolute atomic E-state index is 11.7. The standard InChI is InChI=1S/C17H22N4O5S/c1-19-9-7-18-17(19)16(22)12-4-3-8-20(11-12)14-6-5-13(27(2,25)26)10-15(14)21(23)24/h5-7,9-10,12,16,22H,3-4,8,11H2,1-2H3. The normalized spacial score (nSPS) is 19.1. The summed E-state index contributed by atoms with van der Waals surface area (Å²) in [6, 6.07) is 3.96. The van der Waals surface area contributed by atoms with Crippen molar-refractivity contribution in [2.45, 2.75) is 23.8 Å². The van der Waals surface area contributed by atoms with E-state index < -0.39 is 20.9 Å². The number of anilines is 1. The summed E-state index contributed by atoms with van der Waals surface area (Å²) in [5.74, 6) is 0.429. The van der Waals surface area contributed by atoms with Gasteiger partial charge in [0.2, 0.25) is 0 Å². The number of hydrogen-bond acceptors (Lipinski definition) is 7. The summed E-state index contributed by atoms with van der Waals surface area (Å²) in [5.41, 5.74) is 0.120. The molecule has 1 aliphatic rings. The number of aryl methyl sites for hydroxylation is 1. The molecule has 0 spiro atoms. The van der Waals surface area contributed by atoms with E-state index >= 15 is 0 Å². The number of piperidine rings is 1. The van der Waals surface area contributed by atoms with E-state index in [0.717, 1.165) is 25.2 Å². The summed E-state index contributed by atoms with van der Waals surface area (Å²) < 4.78 is 25.2. The third kappa shape index (κ3) is 3.96. The van der Waals surface area contributed by atoms with Crippen LogP contribution in [-0.4, -0.2) is 47.3 Å². The highest BCUT2D eigenvalue weighted by Gasteiger charge is 2.32. The molecule has 1 aromatic carbocycles. The zero-order chi connectivity index (χ0) is 19.8. The van der Waals surface area contributed by atoms with Crippen LogP contribution in [0.4, 0.5) is 11.4 Å². The average molecular weight is 394 g/mol. The van der Waals surface area contributed by atoms with Gasteiger partial charge in [0.25, 0.3) is 5.69 Å². The van der Waals surface area contributed by atoms with Crippen molar-refractivity contribution in [2.75, 3.05) is 24.2 Å². The largest absolute Gasteiger partial charge is 0.385 e. The fourth-order valence-electron chi connectivity index (χ4n) is 3.51. The van der Waals surface area contributed by atoms with Crippen molar-refractivity contribution in [2.24, 2.45) is 13.0 Å². The minimum Gasteiger partial charge on any atom is -0.385 e. The molecule has 2 unspecified atom stereocenters. The topological polar surface area (TPSA) is 119 Å². The van der Waals surface area contributed by atoms with Crippen molar-refractivity contribution in [3.05, 3.63) is 46.5 Å². The lowest BCUT2D eigenvalue weighted by Crippen LogP contribution is -2.38. The molecule has 0 bridgehead atoms. The first-order chi connectivity index (χ1) is 12.7. The lowest BCUT2D eigenvalue weighted by atomic mass is 9.91. The molecule has 0 saturated carbocycles. The molecule has 1 fully saturated rings. The Morgan fingerprint density at radius 2 is 2.15 bits per heavy atom. The first-order valence-corrected chi connectivity index (χ1v) is 10.5. The van der Waals surface area contributed by atoms with E-state index in [0.29, 0.717) is 24.6 Å². The van der Waals surface area contributed by atoms with Crippen LogP contribution in [0, 0.1) is 16.0 Å². The van der Waals surface area contributed by atoms with Crippen LogP contribution in [0.5, 0.6) is 0 Å². The fourth-order valence-corrected chi connectivity index (χ4v) is 4.15. The quantitative estimate of drug-likeness (QED) is 0.605. The monoisotopic (exact) mass is 394 g/mol. The third-order valence-electron chi connectivity index (χ3n) is 4.94. The van der Waals surface area contributed by atoms with Gasteiger partial charge in [-0.15, -0.1) is 0 Å². The number of aliphatic hydroxyl groups is 1. The molecular formula is C17H22N4O5S. The minimum absolute atomic E-state index is 0.0837. The number of benzene rings is 1. The number of aromatic nitrogens is 2. The van der Waals surface area contributed by atoms with Crippen LogP contribution in [-0.2, 0) is 16.9 Å². The second-order valence-electron chi connectivity index (χ2n) is 6.87. The van der Waals surface area contributed by atoms with Crippen molar-refractivity contribution in [3.8, 4) is 0 Å². The minimum atomic E-state index is -3.54. The number of rotatable bonds is 5. The van der Waals surface area contributed by atoms with Crippen molar-refractivity contribution >= 4 is 21.2 Å². The smallest absolute Gasteiger partial charge is 0.293 e. The van der Waals surface area contributed by atoms with Crippen molar-refractivity contribution < 1.29 is 18.4 Å². The van der Waals surface area contributed by atoms with Crippen molar-refractivity contribution in [3.63, 3.8) is 0 Å². The Morgan fingerprint density at radius 1 is 1.41 bits per heavy atom. The Balaban J connectivity index is 1.90. The molecule has 0 amide bonds. The Labute approximate surface area is 157 Å². The summed E-state index contributed by atoms with van der Waals surface area (Å²) in [7, 11) is -1.73. The van der Waals surface area contributed by atoms with E-state index in [1.807, 2.05) is 4.90 Å². The molecule has 1 saturated heterocycles. The summed E-state index contributed by atoms with van der Waals surface area (Å²) in [6.45, 7) is 1.02. The number of nitrogens with zero attached hydrogens (tertiary/aromatic N) is 4. The molecule has 146 valence electrons. The number of hydrogen-bond donors (Lipinski definition) is 1. The van der Waals surface area contributed by atoms with E-state index in [4.69, 9.17) is 0 Å². The zero-order valence-corrected chi connectivity index (χ0v) is 16.0. The Hall–Kier alpha value is -2.46. The molecule has 2 atom stereocenters. The summed E-state index contributed by atoms with van der Waals surface area (Å²) in [6.07, 6.45) is 5.16. The van der Waals surface area contributed by atoms with Gasteiger partial charge in [-0.1, -0.05) is 0 Å². The highest BCUT2D eigenvalue weighted by atomic mass is 32.2. The molecule has 27 heavy (non-hydrogen) atoms. The van der Waals surface area contributed by atoms with Crippen LogP contribution in [0.3, 0.4) is 0 Å². The number of imidazole rings is 1. The van der Waals surface area contributed by atoms with Gasteiger partial charge in [0, 0.05) is 50.8 Å². The van der Waals surface area contributed by atoms with Gasteiger partial charge in [0.15, 0.2) is 9.84 Å². The number of sulfone groups is 1. The first kappa shape index (κ1) is 19.3. The first-order valence-electron chi connectivity index (χ1n) is 8.57. The van der Waals surface area contributed by atoms with Gasteiger partial charge in [-0.3, -0.25) is 10.1 Å². The Bertz CT molecular complexity index is 956. The van der Waals surface area contributed by atoms with E-state index in [-0.39, 0.29) is 16.5 Å². The van der Waals surface area contributed by atoms with E-state index in [1.54, 1.807) is 24.0 Å². The zero-order valence-electron chi connectivity index (χ0n) is 15.1. The Morgan fingerprint density at radius 3 is 2.74 bits per heavy atom. The van der Waals surface area contributed by atoms with Crippen LogP contribution in [0.25, 0.3) is 0 Å². The van der Waals surface area contributed by atoms with E-state index in [1.165, 1.54) is 12.1 Å². The van der Waals surface area contributed by atoms with E-state index in [9.17, 15) is 23.6 Å². The molecule has 10 heteroatoms. The van der Waals surface area contributed by atoms with Gasteiger partial charge in [-0.2, -0.15) is 0 Å². The highest BCUT2D eigenvalue weighted by molar-refractivity contribution is 7.90. The molecule has 1 N–H and O–H groups in total. The predicted octanol–water partition coefficient (Wildman–Crippen LogP) is 1.68. The molecule has 0 aliphatic carbocycles. The molecule has 2 aromatic rings. The van der Waals surface area contributed by atoms with Crippen LogP contribution >= 0.6 is 0 Å². The summed E-state index contributed by atoms with van der Waals surface area (Å²) >= 11 is 0. The SMILES string of the molecule is Cn1ccnc1C(O)C1CCCN(c2ccc(S(C)(=O)=O)cc2[N+](=O)[O-])C1. The predicted molar refractivity (Wildman–Crippen MR) is 99.3 cm³/mol. The maximum atomic E-state index is 11.7. The molecule has 3 rings (SSSR count). The number of nitro benzene ring substituents is 1. The lowest BCUT2D eigenvalue weighted by molar-refractivity contribution is -0.384. The molecule has 0 radical (unpaired) electrons. The average Bonchev–Trinajstić information content (AvgIpc) is 3.05. The summed E-state index contributed by atoms with van der Waals surface area (Å²) in [4.78, 5) is 16.9. The molecular weight excluding hydrogens is 372 g/mol. The van der Waals surface area contributed by atoms with Gasteiger partial charge in [-0.05, 0) is 25.0 Å². The third-order valence-corrected chi connectivity index (χ3v) is 6.05. The van der Waals surface area contributed by atoms with Gasteiger partial charge in [0.05, 0.1) is 9.82 Å². The summed E-state index contributed by atoms with van der Waals surface area (Å²) in [5, 5.41) is 22.2. The number of nitro groups is 1.